The first kappa shape index (κ1) is 29.8. The number of hydrogen-bond donors (Lipinski definition) is 3. The minimum Gasteiger partial charge on any atom is -0.321 e. The molecule has 5 aromatic rings. The van der Waals surface area contributed by atoms with Gasteiger partial charge in [-0.15, -0.1) is 11.8 Å². The van der Waals surface area contributed by atoms with E-state index in [1.54, 1.807) is 48.5 Å². The highest BCUT2D eigenvalue weighted by molar-refractivity contribution is 8.00. The zero-order valence-electron chi connectivity index (χ0n) is 23.7. The molecule has 4 aromatic carbocycles. The van der Waals surface area contributed by atoms with Crippen LogP contribution in [0.1, 0.15) is 41.3 Å². The second kappa shape index (κ2) is 14.0. The number of nitrogens with zero attached hydrogens (tertiary/aromatic N) is 1. The van der Waals surface area contributed by atoms with Crippen molar-refractivity contribution in [3.05, 3.63) is 126 Å². The van der Waals surface area contributed by atoms with Crippen LogP contribution < -0.4 is 16.0 Å². The van der Waals surface area contributed by atoms with Crippen molar-refractivity contribution in [3.8, 4) is 0 Å². The zero-order valence-corrected chi connectivity index (χ0v) is 25.3. The van der Waals surface area contributed by atoms with Gasteiger partial charge < -0.3 is 16.0 Å². The molecule has 5 rings (SSSR count). The number of rotatable bonds is 10. The fourth-order valence-corrected chi connectivity index (χ4v) is 5.82. The first-order valence-corrected chi connectivity index (χ1v) is 15.5. The molecule has 7 nitrogen and oxygen atoms in total. The van der Waals surface area contributed by atoms with Crippen LogP contribution in [0.3, 0.4) is 0 Å². The van der Waals surface area contributed by atoms with Gasteiger partial charge in [-0.05, 0) is 65.6 Å². The molecule has 0 saturated heterocycles. The molecule has 9 heteroatoms. The summed E-state index contributed by atoms with van der Waals surface area (Å²) in [6.07, 6.45) is 1.66. The van der Waals surface area contributed by atoms with Gasteiger partial charge in [0, 0.05) is 16.1 Å². The quantitative estimate of drug-likeness (QED) is 0.113. The molecule has 0 fully saturated rings. The molecule has 0 radical (unpaired) electrons. The number of thioether (sulfide) groups is 1. The Balaban J connectivity index is 1.26. The number of fused-ring (bicyclic) bond motifs is 1. The number of thiazole rings is 1. The molecule has 1 aromatic heterocycles. The van der Waals surface area contributed by atoms with Crippen LogP contribution in [0.2, 0.25) is 0 Å². The van der Waals surface area contributed by atoms with Crippen molar-refractivity contribution < 1.29 is 14.4 Å². The average molecular weight is 607 g/mol. The molecule has 43 heavy (non-hydrogen) atoms. The monoisotopic (exact) mass is 606 g/mol. The van der Waals surface area contributed by atoms with Crippen LogP contribution in [0.15, 0.2) is 114 Å². The Kier molecular flexibility index (Phi) is 9.66. The van der Waals surface area contributed by atoms with E-state index in [4.69, 9.17) is 0 Å². The van der Waals surface area contributed by atoms with Crippen LogP contribution in [-0.2, 0) is 9.59 Å². The third kappa shape index (κ3) is 8.18. The highest BCUT2D eigenvalue weighted by Gasteiger charge is 2.16. The maximum atomic E-state index is 13.4. The van der Waals surface area contributed by atoms with Gasteiger partial charge in [-0.3, -0.25) is 14.4 Å². The minimum absolute atomic E-state index is 0.111. The van der Waals surface area contributed by atoms with Gasteiger partial charge in [-0.2, -0.15) is 0 Å². The summed E-state index contributed by atoms with van der Waals surface area (Å²) in [5.74, 6) is -0.465. The summed E-state index contributed by atoms with van der Waals surface area (Å²) < 4.78 is 1.01. The topological polar surface area (TPSA) is 100 Å². The lowest BCUT2D eigenvalue weighted by Gasteiger charge is -2.12. The second-order valence-corrected chi connectivity index (χ2v) is 12.1. The molecule has 3 amide bonds. The molecule has 3 N–H and O–H groups in total. The first-order valence-electron chi connectivity index (χ1n) is 13.7. The Hall–Kier alpha value is -4.73. The maximum Gasteiger partial charge on any atom is 0.272 e. The van der Waals surface area contributed by atoms with Crippen molar-refractivity contribution in [2.75, 3.05) is 16.4 Å². The predicted molar refractivity (Wildman–Crippen MR) is 176 cm³/mol. The van der Waals surface area contributed by atoms with Crippen LogP contribution in [-0.4, -0.2) is 28.5 Å². The van der Waals surface area contributed by atoms with E-state index in [-0.39, 0.29) is 23.3 Å². The van der Waals surface area contributed by atoms with E-state index in [1.165, 1.54) is 28.7 Å². The van der Waals surface area contributed by atoms with Crippen LogP contribution in [0.5, 0.6) is 0 Å². The van der Waals surface area contributed by atoms with Gasteiger partial charge in [0.05, 0.1) is 16.0 Å². The van der Waals surface area contributed by atoms with Gasteiger partial charge in [0.2, 0.25) is 5.91 Å². The molecule has 0 bridgehead atoms. The summed E-state index contributed by atoms with van der Waals surface area (Å²) in [5.41, 5.74) is 3.90. The molecule has 1 heterocycles. The Morgan fingerprint density at radius 2 is 1.60 bits per heavy atom. The normalized spacial score (nSPS) is 11.4. The SMILES string of the molecule is CC(C)c1ccc(/C=C(/NC(=O)c2ccccc2)C(=O)Nc2cccc(SCC(=O)Nc3nc4ccccc4s3)c2)cc1. The lowest BCUT2D eigenvalue weighted by molar-refractivity contribution is -0.114. The molecule has 0 atom stereocenters. The van der Waals surface area contributed by atoms with Crippen LogP contribution in [0.4, 0.5) is 10.8 Å². The number of amides is 3. The fraction of sp³-hybridized carbons (Fsp3) is 0.118. The van der Waals surface area contributed by atoms with E-state index in [0.717, 1.165) is 20.7 Å². The number of carbonyl (C=O) groups excluding carboxylic acids is 3. The van der Waals surface area contributed by atoms with E-state index in [0.29, 0.717) is 22.3 Å². The zero-order chi connectivity index (χ0) is 30.2. The van der Waals surface area contributed by atoms with Crippen molar-refractivity contribution >= 4 is 67.9 Å². The third-order valence-corrected chi connectivity index (χ3v) is 8.39. The van der Waals surface area contributed by atoms with Crippen LogP contribution >= 0.6 is 23.1 Å². The van der Waals surface area contributed by atoms with E-state index >= 15 is 0 Å². The number of anilines is 2. The summed E-state index contributed by atoms with van der Waals surface area (Å²) in [6.45, 7) is 4.23. The smallest absolute Gasteiger partial charge is 0.272 e. The number of nitrogens with one attached hydrogen (secondary N) is 3. The van der Waals surface area contributed by atoms with Gasteiger partial charge in [-0.1, -0.05) is 85.8 Å². The highest BCUT2D eigenvalue weighted by Crippen LogP contribution is 2.27. The van der Waals surface area contributed by atoms with Crippen molar-refractivity contribution in [1.82, 2.24) is 10.3 Å². The first-order chi connectivity index (χ1) is 20.8. The molecule has 0 saturated carbocycles. The Morgan fingerprint density at radius 1 is 0.860 bits per heavy atom. The van der Waals surface area contributed by atoms with Gasteiger partial charge >= 0.3 is 0 Å². The summed E-state index contributed by atoms with van der Waals surface area (Å²) >= 11 is 2.78. The lowest BCUT2D eigenvalue weighted by Crippen LogP contribution is -2.30. The predicted octanol–water partition coefficient (Wildman–Crippen LogP) is 7.56. The summed E-state index contributed by atoms with van der Waals surface area (Å²) in [7, 11) is 0. The van der Waals surface area contributed by atoms with E-state index in [2.05, 4.69) is 34.8 Å². The van der Waals surface area contributed by atoms with Gasteiger partial charge in [0.15, 0.2) is 5.13 Å². The van der Waals surface area contributed by atoms with Gasteiger partial charge in [-0.25, -0.2) is 4.98 Å². The molecule has 0 spiro atoms. The molecular weight excluding hydrogens is 577 g/mol. The summed E-state index contributed by atoms with van der Waals surface area (Å²) in [4.78, 5) is 44.2. The van der Waals surface area contributed by atoms with Crippen LogP contribution in [0, 0.1) is 0 Å². The summed E-state index contributed by atoms with van der Waals surface area (Å²) in [6, 6.07) is 31.6. The molecule has 0 unspecified atom stereocenters. The second-order valence-electron chi connectivity index (χ2n) is 10.0. The molecule has 0 aliphatic rings. The molecule has 0 aliphatic carbocycles. The highest BCUT2D eigenvalue weighted by atomic mass is 32.2. The lowest BCUT2D eigenvalue weighted by atomic mass is 10.0. The molecular formula is C34H30N4O3S2. The number of benzene rings is 4. The Morgan fingerprint density at radius 3 is 2.35 bits per heavy atom. The van der Waals surface area contributed by atoms with Gasteiger partial charge in [0.25, 0.3) is 11.8 Å². The minimum atomic E-state index is -0.465. The number of hydrogen-bond acceptors (Lipinski definition) is 6. The number of aromatic nitrogens is 1. The van der Waals surface area contributed by atoms with E-state index in [1.807, 2.05) is 60.7 Å². The van der Waals surface area contributed by atoms with Crippen molar-refractivity contribution in [1.29, 1.82) is 0 Å². The van der Waals surface area contributed by atoms with E-state index in [9.17, 15) is 14.4 Å². The van der Waals surface area contributed by atoms with Crippen LogP contribution in [0.25, 0.3) is 16.3 Å². The average Bonchev–Trinajstić information content (AvgIpc) is 3.43. The van der Waals surface area contributed by atoms with Crippen molar-refractivity contribution in [2.45, 2.75) is 24.7 Å². The largest absolute Gasteiger partial charge is 0.321 e. The van der Waals surface area contributed by atoms with Crippen molar-refractivity contribution in [3.63, 3.8) is 0 Å². The number of carbonyl (C=O) groups is 3. The fourth-order valence-electron chi connectivity index (χ4n) is 4.18. The van der Waals surface area contributed by atoms with E-state index < -0.39 is 5.91 Å². The van der Waals surface area contributed by atoms with Gasteiger partial charge in [0.1, 0.15) is 5.70 Å². The molecule has 216 valence electrons. The summed E-state index contributed by atoms with van der Waals surface area (Å²) in [5, 5.41) is 9.08. The third-order valence-electron chi connectivity index (χ3n) is 6.45. The van der Waals surface area contributed by atoms with Crippen molar-refractivity contribution in [2.24, 2.45) is 0 Å². The Labute approximate surface area is 258 Å². The Bertz CT molecular complexity index is 1750. The standard InChI is InChI=1S/C34H30N4O3S2/c1-22(2)24-17-15-23(16-18-24)19-29(36-32(40)25-9-4-3-5-10-25)33(41)35-26-11-8-12-27(20-26)42-21-31(39)38-34-37-28-13-6-7-14-30(28)43-34/h3-20,22H,21H2,1-2H3,(H,35,41)(H,36,40)(H,37,38,39)/b29-19+. The molecule has 0 aliphatic heterocycles. The maximum absolute atomic E-state index is 13.4. The number of para-hydroxylation sites is 1.